The molecule has 0 heterocycles. The predicted molar refractivity (Wildman–Crippen MR) is 42.9 cm³/mol. The Morgan fingerprint density at radius 3 is 1.90 bits per heavy atom. The molecule has 58 valence electrons. The van der Waals surface area contributed by atoms with Gasteiger partial charge in [-0.2, -0.15) is 0 Å². The quantitative estimate of drug-likeness (QED) is 0.613. The second-order valence-electron chi connectivity index (χ2n) is 1.62. The Bertz CT molecular complexity index is 99.8. The zero-order valence-electron chi connectivity index (χ0n) is 6.34. The number of carbonyl (C=O) groups is 1. The van der Waals surface area contributed by atoms with Gasteiger partial charge >= 0.3 is 5.97 Å². The lowest BCUT2D eigenvalue weighted by molar-refractivity contribution is -0.137. The van der Waals surface area contributed by atoms with Crippen molar-refractivity contribution in [2.45, 2.75) is 19.8 Å². The molecule has 0 saturated carbocycles. The summed E-state index contributed by atoms with van der Waals surface area (Å²) >= 11 is 0. The van der Waals surface area contributed by atoms with Crippen molar-refractivity contribution in [1.29, 1.82) is 0 Å². The van der Waals surface area contributed by atoms with Crippen LogP contribution in [-0.2, 0) is 4.79 Å². The molecule has 0 aliphatic carbocycles. The third kappa shape index (κ3) is 28.3. The van der Waals surface area contributed by atoms with E-state index in [0.717, 1.165) is 6.42 Å². The fourth-order valence-electron chi connectivity index (χ4n) is 0.214. The molecule has 2 nitrogen and oxygen atoms in total. The Morgan fingerprint density at radius 1 is 1.50 bits per heavy atom. The Hall–Kier alpha value is -1.05. The van der Waals surface area contributed by atoms with Gasteiger partial charge in [0, 0.05) is 6.42 Å². The third-order valence-corrected chi connectivity index (χ3v) is 0.631. The highest BCUT2D eigenvalue weighted by Gasteiger charge is 1.87. The van der Waals surface area contributed by atoms with Crippen LogP contribution in [-0.4, -0.2) is 11.1 Å². The first-order chi connectivity index (χ1) is 4.68. The van der Waals surface area contributed by atoms with Crippen LogP contribution in [0.2, 0.25) is 0 Å². The first-order valence-electron chi connectivity index (χ1n) is 3.14. The van der Waals surface area contributed by atoms with Gasteiger partial charge in [0.25, 0.3) is 0 Å². The van der Waals surface area contributed by atoms with Crippen molar-refractivity contribution in [2.75, 3.05) is 0 Å². The van der Waals surface area contributed by atoms with E-state index in [9.17, 15) is 4.79 Å². The number of hydrogen-bond donors (Lipinski definition) is 1. The lowest BCUT2D eigenvalue weighted by Gasteiger charge is -1.79. The minimum atomic E-state index is -0.711. The molecule has 0 amide bonds. The molecule has 0 fully saturated rings. The molecule has 0 aliphatic heterocycles. The highest BCUT2D eigenvalue weighted by Crippen LogP contribution is 1.82. The molecular formula is C8H14O2. The average molecular weight is 142 g/mol. The molecule has 0 rings (SSSR count). The van der Waals surface area contributed by atoms with Crippen molar-refractivity contribution >= 4 is 5.97 Å². The van der Waals surface area contributed by atoms with Gasteiger partial charge in [-0.1, -0.05) is 32.2 Å². The molecule has 0 saturated heterocycles. The van der Waals surface area contributed by atoms with E-state index in [4.69, 9.17) is 5.11 Å². The van der Waals surface area contributed by atoms with Crippen LogP contribution in [0.5, 0.6) is 0 Å². The molecule has 10 heavy (non-hydrogen) atoms. The molecule has 0 aromatic carbocycles. The minimum absolute atomic E-state index is 0.292. The van der Waals surface area contributed by atoms with Crippen molar-refractivity contribution in [3.8, 4) is 0 Å². The predicted octanol–water partition coefficient (Wildman–Crippen LogP) is 2.23. The fraction of sp³-hybridized carbons (Fsp3) is 0.375. The van der Waals surface area contributed by atoms with Gasteiger partial charge in [-0.05, 0) is 6.42 Å². The van der Waals surface area contributed by atoms with Gasteiger partial charge in [-0.25, -0.2) is 0 Å². The number of carboxylic acid groups (broad SMARTS) is 1. The lowest BCUT2D eigenvalue weighted by Crippen LogP contribution is -1.90. The van der Waals surface area contributed by atoms with Gasteiger partial charge in [0.2, 0.25) is 0 Å². The largest absolute Gasteiger partial charge is 0.481 e. The SMILES string of the molecule is C=CC=C.CCCC(=O)O. The van der Waals surface area contributed by atoms with Gasteiger partial charge in [0.1, 0.15) is 0 Å². The van der Waals surface area contributed by atoms with Crippen molar-refractivity contribution in [1.82, 2.24) is 0 Å². The van der Waals surface area contributed by atoms with Crippen LogP contribution in [0.25, 0.3) is 0 Å². The standard InChI is InChI=1S/C4H8O2.C4H6/c1-2-3-4(5)6;1-3-4-2/h2-3H2,1H3,(H,5,6);3-4H,1-2H2. The summed E-state index contributed by atoms with van der Waals surface area (Å²) in [5.41, 5.74) is 0. The van der Waals surface area contributed by atoms with Crippen LogP contribution in [0.4, 0.5) is 0 Å². The van der Waals surface area contributed by atoms with Gasteiger partial charge in [-0.3, -0.25) is 4.79 Å². The molecular weight excluding hydrogens is 128 g/mol. The van der Waals surface area contributed by atoms with Gasteiger partial charge < -0.3 is 5.11 Å². The van der Waals surface area contributed by atoms with E-state index in [0.29, 0.717) is 6.42 Å². The molecule has 1 N–H and O–H groups in total. The number of carboxylic acids is 1. The molecule has 0 radical (unpaired) electrons. The van der Waals surface area contributed by atoms with E-state index in [1.807, 2.05) is 6.92 Å². The fourth-order valence-corrected chi connectivity index (χ4v) is 0.214. The van der Waals surface area contributed by atoms with Crippen LogP contribution in [0.15, 0.2) is 25.3 Å². The smallest absolute Gasteiger partial charge is 0.303 e. The molecule has 2 heteroatoms. The van der Waals surface area contributed by atoms with Crippen LogP contribution in [0.1, 0.15) is 19.8 Å². The first kappa shape index (κ1) is 11.7. The number of allylic oxidation sites excluding steroid dienone is 2. The summed E-state index contributed by atoms with van der Waals surface area (Å²) in [6.07, 6.45) is 4.30. The maximum atomic E-state index is 9.60. The number of aliphatic carboxylic acids is 1. The van der Waals surface area contributed by atoms with E-state index in [-0.39, 0.29) is 0 Å². The maximum Gasteiger partial charge on any atom is 0.303 e. The zero-order chi connectivity index (χ0) is 8.41. The summed E-state index contributed by atoms with van der Waals surface area (Å²) in [5.74, 6) is -0.711. The second kappa shape index (κ2) is 10.8. The lowest BCUT2D eigenvalue weighted by atomic mass is 10.4. The highest BCUT2D eigenvalue weighted by atomic mass is 16.4. The third-order valence-electron chi connectivity index (χ3n) is 0.631. The molecule has 0 unspecified atom stereocenters. The Kier molecular flexibility index (Phi) is 12.7. The van der Waals surface area contributed by atoms with E-state index in [1.54, 1.807) is 12.2 Å². The average Bonchev–Trinajstić information content (AvgIpc) is 1.89. The van der Waals surface area contributed by atoms with Crippen molar-refractivity contribution in [3.05, 3.63) is 25.3 Å². The number of rotatable bonds is 3. The normalized spacial score (nSPS) is 6.90. The van der Waals surface area contributed by atoms with Gasteiger partial charge in [0.05, 0.1) is 0 Å². The van der Waals surface area contributed by atoms with Crippen molar-refractivity contribution in [3.63, 3.8) is 0 Å². The van der Waals surface area contributed by atoms with E-state index in [2.05, 4.69) is 13.2 Å². The van der Waals surface area contributed by atoms with Crippen LogP contribution in [0, 0.1) is 0 Å². The molecule has 0 atom stereocenters. The summed E-state index contributed by atoms with van der Waals surface area (Å²) in [6.45, 7) is 8.56. The molecule has 0 aromatic heterocycles. The van der Waals surface area contributed by atoms with E-state index in [1.165, 1.54) is 0 Å². The summed E-state index contributed by atoms with van der Waals surface area (Å²) < 4.78 is 0. The number of hydrogen-bond acceptors (Lipinski definition) is 1. The Morgan fingerprint density at radius 2 is 1.90 bits per heavy atom. The summed E-state index contributed by atoms with van der Waals surface area (Å²) in [7, 11) is 0. The van der Waals surface area contributed by atoms with E-state index >= 15 is 0 Å². The van der Waals surface area contributed by atoms with Gasteiger partial charge in [0.15, 0.2) is 0 Å². The maximum absolute atomic E-state index is 9.60. The topological polar surface area (TPSA) is 37.3 Å². The summed E-state index contributed by atoms with van der Waals surface area (Å²) in [6, 6.07) is 0. The first-order valence-corrected chi connectivity index (χ1v) is 3.14. The molecule has 0 spiro atoms. The van der Waals surface area contributed by atoms with Crippen molar-refractivity contribution in [2.24, 2.45) is 0 Å². The Labute approximate surface area is 61.9 Å². The summed E-state index contributed by atoms with van der Waals surface area (Å²) in [5, 5.41) is 7.91. The van der Waals surface area contributed by atoms with Crippen LogP contribution < -0.4 is 0 Å². The molecule has 0 aliphatic rings. The zero-order valence-corrected chi connectivity index (χ0v) is 6.34. The summed E-state index contributed by atoms with van der Waals surface area (Å²) in [4.78, 5) is 9.60. The van der Waals surface area contributed by atoms with Crippen LogP contribution in [0.3, 0.4) is 0 Å². The minimum Gasteiger partial charge on any atom is -0.481 e. The molecule has 0 bridgehead atoms. The molecule has 0 aromatic rings. The van der Waals surface area contributed by atoms with E-state index < -0.39 is 5.97 Å². The monoisotopic (exact) mass is 142 g/mol. The second-order valence-corrected chi connectivity index (χ2v) is 1.62. The van der Waals surface area contributed by atoms with Gasteiger partial charge in [-0.15, -0.1) is 0 Å². The Balaban J connectivity index is 0. The van der Waals surface area contributed by atoms with Crippen LogP contribution >= 0.6 is 0 Å². The highest BCUT2D eigenvalue weighted by molar-refractivity contribution is 5.66. The van der Waals surface area contributed by atoms with Crippen molar-refractivity contribution < 1.29 is 9.90 Å².